The van der Waals surface area contributed by atoms with E-state index in [2.05, 4.69) is 5.32 Å². The summed E-state index contributed by atoms with van der Waals surface area (Å²) in [5.74, 6) is -0.386. The maximum atomic E-state index is 12.0. The molecule has 0 radical (unpaired) electrons. The van der Waals surface area contributed by atoms with E-state index in [1.165, 1.54) is 25.3 Å². The van der Waals surface area contributed by atoms with Gasteiger partial charge in [-0.1, -0.05) is 12.1 Å². The second-order valence-corrected chi connectivity index (χ2v) is 5.08. The molecule has 0 aliphatic rings. The van der Waals surface area contributed by atoms with Crippen molar-refractivity contribution >= 4 is 11.9 Å². The smallest absolute Gasteiger partial charge is 0.342 e. The SMILES string of the molecule is COc1ccc(CNC(=O)COC(=O)c2cc(OC)ccc2O)cc1. The van der Waals surface area contributed by atoms with Crippen molar-refractivity contribution in [3.63, 3.8) is 0 Å². The average Bonchev–Trinajstić information content (AvgIpc) is 2.65. The van der Waals surface area contributed by atoms with Gasteiger partial charge in [-0.05, 0) is 35.9 Å². The van der Waals surface area contributed by atoms with Crippen LogP contribution in [0.3, 0.4) is 0 Å². The predicted molar refractivity (Wildman–Crippen MR) is 89.8 cm³/mol. The van der Waals surface area contributed by atoms with Crippen molar-refractivity contribution in [1.29, 1.82) is 0 Å². The Hall–Kier alpha value is -3.22. The molecule has 0 saturated heterocycles. The zero-order valence-corrected chi connectivity index (χ0v) is 13.9. The van der Waals surface area contributed by atoms with E-state index in [1.54, 1.807) is 19.2 Å². The first-order valence-corrected chi connectivity index (χ1v) is 7.47. The minimum Gasteiger partial charge on any atom is -0.507 e. The summed E-state index contributed by atoms with van der Waals surface area (Å²) in [5.41, 5.74) is 0.813. The minimum atomic E-state index is -0.809. The zero-order chi connectivity index (χ0) is 18.2. The van der Waals surface area contributed by atoms with Gasteiger partial charge < -0.3 is 24.6 Å². The van der Waals surface area contributed by atoms with Crippen LogP contribution in [0.25, 0.3) is 0 Å². The van der Waals surface area contributed by atoms with Crippen LogP contribution in [-0.4, -0.2) is 37.8 Å². The number of esters is 1. The quantitative estimate of drug-likeness (QED) is 0.744. The van der Waals surface area contributed by atoms with Gasteiger partial charge in [0.1, 0.15) is 22.8 Å². The van der Waals surface area contributed by atoms with E-state index >= 15 is 0 Å². The Morgan fingerprint density at radius 2 is 1.64 bits per heavy atom. The maximum absolute atomic E-state index is 12.0. The van der Waals surface area contributed by atoms with Crippen molar-refractivity contribution in [1.82, 2.24) is 5.32 Å². The molecule has 0 atom stereocenters. The maximum Gasteiger partial charge on any atom is 0.342 e. The van der Waals surface area contributed by atoms with Crippen LogP contribution in [0.4, 0.5) is 0 Å². The van der Waals surface area contributed by atoms with E-state index in [1.807, 2.05) is 12.1 Å². The summed E-state index contributed by atoms with van der Waals surface area (Å²) in [6.45, 7) is -0.156. The summed E-state index contributed by atoms with van der Waals surface area (Å²) < 4.78 is 14.9. The number of ether oxygens (including phenoxy) is 3. The molecule has 0 heterocycles. The third-order valence-electron chi connectivity index (χ3n) is 3.41. The van der Waals surface area contributed by atoms with E-state index < -0.39 is 18.5 Å². The summed E-state index contributed by atoms with van der Waals surface area (Å²) in [6.07, 6.45) is 0. The number of carbonyl (C=O) groups excluding carboxylic acids is 2. The first-order valence-electron chi connectivity index (χ1n) is 7.47. The van der Waals surface area contributed by atoms with Crippen molar-refractivity contribution in [3.05, 3.63) is 53.6 Å². The normalized spacial score (nSPS) is 10.0. The van der Waals surface area contributed by atoms with Crippen LogP contribution in [0.1, 0.15) is 15.9 Å². The fraction of sp³-hybridized carbons (Fsp3) is 0.222. The molecule has 0 spiro atoms. The van der Waals surface area contributed by atoms with Crippen molar-refractivity contribution < 1.29 is 28.9 Å². The molecule has 25 heavy (non-hydrogen) atoms. The fourth-order valence-electron chi connectivity index (χ4n) is 2.01. The Morgan fingerprint density at radius 1 is 1.00 bits per heavy atom. The molecule has 2 aromatic carbocycles. The number of nitrogens with one attached hydrogen (secondary N) is 1. The third kappa shape index (κ3) is 5.13. The number of aromatic hydroxyl groups is 1. The molecule has 0 aromatic heterocycles. The number of methoxy groups -OCH3 is 2. The Balaban J connectivity index is 1.83. The highest BCUT2D eigenvalue weighted by atomic mass is 16.5. The molecule has 2 rings (SSSR count). The molecular formula is C18H19NO6. The largest absolute Gasteiger partial charge is 0.507 e. The molecule has 0 unspecified atom stereocenters. The second kappa shape index (κ2) is 8.58. The van der Waals surface area contributed by atoms with Gasteiger partial charge in [0, 0.05) is 6.54 Å². The Morgan fingerprint density at radius 3 is 2.28 bits per heavy atom. The van der Waals surface area contributed by atoms with E-state index in [0.29, 0.717) is 12.3 Å². The van der Waals surface area contributed by atoms with Crippen LogP contribution in [0.5, 0.6) is 17.2 Å². The number of amides is 1. The summed E-state index contributed by atoms with van der Waals surface area (Å²) in [7, 11) is 3.01. The van der Waals surface area contributed by atoms with Crippen molar-refractivity contribution in [2.45, 2.75) is 6.54 Å². The second-order valence-electron chi connectivity index (χ2n) is 5.08. The summed E-state index contributed by atoms with van der Waals surface area (Å²) in [5, 5.41) is 12.3. The van der Waals surface area contributed by atoms with E-state index in [9.17, 15) is 14.7 Å². The number of rotatable bonds is 7. The minimum absolute atomic E-state index is 0.0673. The van der Waals surface area contributed by atoms with Crippen LogP contribution in [-0.2, 0) is 16.1 Å². The molecule has 1 amide bonds. The number of phenolic OH excluding ortho intramolecular Hbond substituents is 1. The molecule has 7 heteroatoms. The lowest BCUT2D eigenvalue weighted by molar-refractivity contribution is -0.124. The van der Waals surface area contributed by atoms with Crippen molar-refractivity contribution in [2.24, 2.45) is 0 Å². The molecule has 0 aliphatic carbocycles. The first kappa shape index (κ1) is 18.1. The number of phenols is 1. The van der Waals surface area contributed by atoms with Crippen molar-refractivity contribution in [3.8, 4) is 17.2 Å². The number of benzene rings is 2. The standard InChI is InChI=1S/C18H19NO6/c1-23-13-5-3-12(4-6-13)10-19-17(21)11-25-18(22)15-9-14(24-2)7-8-16(15)20/h3-9,20H,10-11H2,1-2H3,(H,19,21). The lowest BCUT2D eigenvalue weighted by Crippen LogP contribution is -2.28. The summed E-state index contributed by atoms with van der Waals surface area (Å²) in [6, 6.07) is 11.4. The molecule has 0 saturated carbocycles. The molecule has 7 nitrogen and oxygen atoms in total. The van der Waals surface area contributed by atoms with Gasteiger partial charge >= 0.3 is 5.97 Å². The van der Waals surface area contributed by atoms with Gasteiger partial charge in [-0.2, -0.15) is 0 Å². The van der Waals surface area contributed by atoms with E-state index in [4.69, 9.17) is 14.2 Å². The first-order chi connectivity index (χ1) is 12.0. The van der Waals surface area contributed by atoms with Gasteiger partial charge in [-0.25, -0.2) is 4.79 Å². The van der Waals surface area contributed by atoms with Gasteiger partial charge in [0.2, 0.25) is 0 Å². The lowest BCUT2D eigenvalue weighted by Gasteiger charge is -2.09. The zero-order valence-electron chi connectivity index (χ0n) is 13.9. The van der Waals surface area contributed by atoms with Gasteiger partial charge in [0.25, 0.3) is 5.91 Å². The van der Waals surface area contributed by atoms with Gasteiger partial charge in [-0.3, -0.25) is 4.79 Å². The van der Waals surface area contributed by atoms with Crippen LogP contribution < -0.4 is 14.8 Å². The van der Waals surface area contributed by atoms with E-state index in [-0.39, 0.29) is 11.3 Å². The monoisotopic (exact) mass is 345 g/mol. The Bertz CT molecular complexity index is 742. The number of hydrogen-bond acceptors (Lipinski definition) is 6. The van der Waals surface area contributed by atoms with Crippen LogP contribution >= 0.6 is 0 Å². The highest BCUT2D eigenvalue weighted by Gasteiger charge is 2.15. The molecule has 0 fully saturated rings. The van der Waals surface area contributed by atoms with Crippen LogP contribution in [0.2, 0.25) is 0 Å². The fourth-order valence-corrected chi connectivity index (χ4v) is 2.01. The molecule has 2 N–H and O–H groups in total. The molecule has 132 valence electrons. The van der Waals surface area contributed by atoms with Gasteiger partial charge in [0.15, 0.2) is 6.61 Å². The molecule has 0 bridgehead atoms. The average molecular weight is 345 g/mol. The number of hydrogen-bond donors (Lipinski definition) is 2. The van der Waals surface area contributed by atoms with Crippen LogP contribution in [0.15, 0.2) is 42.5 Å². The van der Waals surface area contributed by atoms with Crippen LogP contribution in [0, 0.1) is 0 Å². The summed E-state index contributed by atoms with van der Waals surface area (Å²) >= 11 is 0. The third-order valence-corrected chi connectivity index (χ3v) is 3.41. The highest BCUT2D eigenvalue weighted by molar-refractivity contribution is 5.94. The van der Waals surface area contributed by atoms with Gasteiger partial charge in [0.05, 0.1) is 14.2 Å². The Kier molecular flexibility index (Phi) is 6.22. The highest BCUT2D eigenvalue weighted by Crippen LogP contribution is 2.23. The molecular weight excluding hydrogens is 326 g/mol. The molecule has 0 aliphatic heterocycles. The van der Waals surface area contributed by atoms with E-state index in [0.717, 1.165) is 11.3 Å². The lowest BCUT2D eigenvalue weighted by atomic mass is 10.2. The van der Waals surface area contributed by atoms with Gasteiger partial charge in [-0.15, -0.1) is 0 Å². The predicted octanol–water partition coefficient (Wildman–Crippen LogP) is 1.88. The topological polar surface area (TPSA) is 94.1 Å². The Labute approximate surface area is 145 Å². The number of carbonyl (C=O) groups is 2. The summed E-state index contributed by atoms with van der Waals surface area (Å²) in [4.78, 5) is 23.7. The van der Waals surface area contributed by atoms with Crippen molar-refractivity contribution in [2.75, 3.05) is 20.8 Å². The molecule has 2 aromatic rings.